The van der Waals surface area contributed by atoms with Gasteiger partial charge in [-0.15, -0.1) is 10.2 Å². The molecule has 0 amide bonds. The first-order chi connectivity index (χ1) is 10.1. The van der Waals surface area contributed by atoms with Crippen LogP contribution in [-0.2, 0) is 6.61 Å². The van der Waals surface area contributed by atoms with Crippen LogP contribution in [0.15, 0.2) is 42.6 Å². The Balaban J connectivity index is 1.85. The van der Waals surface area contributed by atoms with Gasteiger partial charge in [-0.3, -0.25) is 4.40 Å². The molecule has 0 unspecified atom stereocenters. The van der Waals surface area contributed by atoms with Crippen molar-refractivity contribution in [1.29, 1.82) is 0 Å². The summed E-state index contributed by atoms with van der Waals surface area (Å²) in [7, 11) is 0. The molecule has 3 aromatic rings. The molecule has 0 aliphatic rings. The van der Waals surface area contributed by atoms with Gasteiger partial charge in [0.1, 0.15) is 12.4 Å². The molecule has 1 aromatic carbocycles. The summed E-state index contributed by atoms with van der Waals surface area (Å²) < 4.78 is 7.44. The normalized spacial score (nSPS) is 10.7. The van der Waals surface area contributed by atoms with Gasteiger partial charge in [-0.2, -0.15) is 0 Å². The second kappa shape index (κ2) is 5.24. The van der Waals surface area contributed by atoms with E-state index < -0.39 is 5.97 Å². The first-order valence-corrected chi connectivity index (χ1v) is 6.40. The summed E-state index contributed by atoms with van der Waals surface area (Å²) >= 11 is 0. The topological polar surface area (TPSA) is 76.7 Å². The number of carboxylic acids is 1. The highest BCUT2D eigenvalue weighted by molar-refractivity contribution is 5.88. The van der Waals surface area contributed by atoms with E-state index in [0.717, 1.165) is 11.3 Å². The van der Waals surface area contributed by atoms with Crippen molar-refractivity contribution in [2.75, 3.05) is 0 Å². The van der Waals surface area contributed by atoms with Crippen molar-refractivity contribution >= 4 is 11.6 Å². The molecule has 0 saturated carbocycles. The average Bonchev–Trinajstić information content (AvgIpc) is 2.88. The lowest BCUT2D eigenvalue weighted by molar-refractivity contribution is 0.0697. The van der Waals surface area contributed by atoms with Gasteiger partial charge in [-0.25, -0.2) is 4.79 Å². The van der Waals surface area contributed by atoms with Gasteiger partial charge in [0.2, 0.25) is 0 Å². The second-order valence-corrected chi connectivity index (χ2v) is 4.62. The van der Waals surface area contributed by atoms with Crippen molar-refractivity contribution in [3.8, 4) is 5.75 Å². The molecule has 0 radical (unpaired) electrons. The van der Waals surface area contributed by atoms with E-state index in [4.69, 9.17) is 9.84 Å². The van der Waals surface area contributed by atoms with Crippen LogP contribution in [0, 0.1) is 6.92 Å². The molecule has 0 atom stereocenters. The van der Waals surface area contributed by atoms with Crippen LogP contribution in [0.1, 0.15) is 21.7 Å². The Morgan fingerprint density at radius 2 is 2.10 bits per heavy atom. The first kappa shape index (κ1) is 13.1. The number of aryl methyl sites for hydroxylation is 1. The Morgan fingerprint density at radius 3 is 2.86 bits per heavy atom. The maximum atomic E-state index is 10.9. The highest BCUT2D eigenvalue weighted by Gasteiger charge is 2.10. The molecule has 2 aromatic heterocycles. The summed E-state index contributed by atoms with van der Waals surface area (Å²) in [6, 6.07) is 10.7. The molecular weight excluding hydrogens is 270 g/mol. The number of ether oxygens (including phenoxy) is 1. The lowest BCUT2D eigenvalue weighted by atomic mass is 10.2. The van der Waals surface area contributed by atoms with Crippen molar-refractivity contribution in [3.63, 3.8) is 0 Å². The van der Waals surface area contributed by atoms with E-state index in [-0.39, 0.29) is 12.2 Å². The first-order valence-electron chi connectivity index (χ1n) is 6.40. The number of aromatic nitrogens is 3. The highest BCUT2D eigenvalue weighted by Crippen LogP contribution is 2.17. The summed E-state index contributed by atoms with van der Waals surface area (Å²) in [5, 5.41) is 17.0. The maximum absolute atomic E-state index is 10.9. The molecule has 0 saturated heterocycles. The molecule has 1 N–H and O–H groups in total. The van der Waals surface area contributed by atoms with Gasteiger partial charge in [0, 0.05) is 6.20 Å². The Morgan fingerprint density at radius 1 is 1.29 bits per heavy atom. The molecule has 2 heterocycles. The fourth-order valence-electron chi connectivity index (χ4n) is 2.03. The van der Waals surface area contributed by atoms with E-state index >= 15 is 0 Å². The van der Waals surface area contributed by atoms with Crippen LogP contribution in [0.4, 0.5) is 0 Å². The maximum Gasteiger partial charge on any atom is 0.335 e. The third kappa shape index (κ3) is 2.55. The summed E-state index contributed by atoms with van der Waals surface area (Å²) in [5.74, 6) is 0.416. The lowest BCUT2D eigenvalue weighted by Crippen LogP contribution is -2.03. The zero-order valence-electron chi connectivity index (χ0n) is 11.4. The Kier molecular flexibility index (Phi) is 3.27. The number of benzene rings is 1. The minimum Gasteiger partial charge on any atom is -0.485 e. The summed E-state index contributed by atoms with van der Waals surface area (Å²) in [5.41, 5.74) is 1.71. The molecule has 0 aliphatic carbocycles. The van der Waals surface area contributed by atoms with Gasteiger partial charge in [0.15, 0.2) is 11.5 Å². The van der Waals surface area contributed by atoms with E-state index in [1.807, 2.05) is 31.2 Å². The summed E-state index contributed by atoms with van der Waals surface area (Å²) in [6.45, 7) is 2.23. The predicted molar refractivity (Wildman–Crippen MR) is 75.5 cm³/mol. The number of aromatic carboxylic acids is 1. The van der Waals surface area contributed by atoms with Crippen LogP contribution >= 0.6 is 0 Å². The van der Waals surface area contributed by atoms with Crippen molar-refractivity contribution in [2.45, 2.75) is 13.5 Å². The quantitative estimate of drug-likeness (QED) is 0.795. The molecule has 0 aliphatic heterocycles. The zero-order valence-corrected chi connectivity index (χ0v) is 11.4. The number of hydrogen-bond donors (Lipinski definition) is 1. The van der Waals surface area contributed by atoms with Crippen LogP contribution in [0.3, 0.4) is 0 Å². The monoisotopic (exact) mass is 283 g/mol. The van der Waals surface area contributed by atoms with Crippen molar-refractivity contribution in [3.05, 3.63) is 59.5 Å². The number of carboxylic acid groups (broad SMARTS) is 1. The number of pyridine rings is 1. The van der Waals surface area contributed by atoms with E-state index in [1.165, 1.54) is 12.1 Å². The minimum absolute atomic E-state index is 0.182. The van der Waals surface area contributed by atoms with Crippen LogP contribution in [0.5, 0.6) is 5.75 Å². The van der Waals surface area contributed by atoms with Crippen molar-refractivity contribution in [2.24, 2.45) is 0 Å². The Labute approximate surface area is 120 Å². The second-order valence-electron chi connectivity index (χ2n) is 4.62. The highest BCUT2D eigenvalue weighted by atomic mass is 16.5. The SMILES string of the molecule is Cc1ccccc1OCc1nnc2cc(C(=O)O)ccn12. The van der Waals surface area contributed by atoms with Gasteiger partial charge in [0.25, 0.3) is 0 Å². The Hall–Kier alpha value is -2.89. The largest absolute Gasteiger partial charge is 0.485 e. The molecule has 0 bridgehead atoms. The number of rotatable bonds is 4. The molecule has 106 valence electrons. The fraction of sp³-hybridized carbons (Fsp3) is 0.133. The average molecular weight is 283 g/mol. The molecule has 0 spiro atoms. The standard InChI is InChI=1S/C15H13N3O3/c1-10-4-2-3-5-12(10)21-9-14-17-16-13-8-11(15(19)20)6-7-18(13)14/h2-8H,9H2,1H3,(H,19,20). The smallest absolute Gasteiger partial charge is 0.335 e. The van der Waals surface area contributed by atoms with Gasteiger partial charge in [0.05, 0.1) is 5.56 Å². The van der Waals surface area contributed by atoms with Crippen LogP contribution in [-0.4, -0.2) is 25.7 Å². The number of fused-ring (bicyclic) bond motifs is 1. The lowest BCUT2D eigenvalue weighted by Gasteiger charge is -2.07. The van der Waals surface area contributed by atoms with Gasteiger partial charge < -0.3 is 9.84 Å². The van der Waals surface area contributed by atoms with Crippen LogP contribution < -0.4 is 4.74 Å². The van der Waals surface area contributed by atoms with Gasteiger partial charge in [-0.1, -0.05) is 18.2 Å². The van der Waals surface area contributed by atoms with Gasteiger partial charge >= 0.3 is 5.97 Å². The zero-order chi connectivity index (χ0) is 14.8. The summed E-state index contributed by atoms with van der Waals surface area (Å²) in [6.07, 6.45) is 1.63. The third-order valence-electron chi connectivity index (χ3n) is 3.18. The van der Waals surface area contributed by atoms with Crippen LogP contribution in [0.2, 0.25) is 0 Å². The molecule has 3 rings (SSSR count). The van der Waals surface area contributed by atoms with Crippen LogP contribution in [0.25, 0.3) is 5.65 Å². The van der Waals surface area contributed by atoms with Gasteiger partial charge in [-0.05, 0) is 30.7 Å². The summed E-state index contributed by atoms with van der Waals surface area (Å²) in [4.78, 5) is 10.9. The molecule has 6 nitrogen and oxygen atoms in total. The minimum atomic E-state index is -0.988. The number of para-hydroxylation sites is 1. The number of carbonyl (C=O) groups is 1. The van der Waals surface area contributed by atoms with E-state index in [1.54, 1.807) is 10.6 Å². The molecular formula is C15H13N3O3. The van der Waals surface area contributed by atoms with Crippen molar-refractivity contribution in [1.82, 2.24) is 14.6 Å². The molecule has 6 heteroatoms. The van der Waals surface area contributed by atoms with E-state index in [2.05, 4.69) is 10.2 Å². The van der Waals surface area contributed by atoms with Crippen molar-refractivity contribution < 1.29 is 14.6 Å². The number of hydrogen-bond acceptors (Lipinski definition) is 4. The predicted octanol–water partition coefficient (Wildman–Crippen LogP) is 2.31. The fourth-order valence-corrected chi connectivity index (χ4v) is 2.03. The number of nitrogens with zero attached hydrogens (tertiary/aromatic N) is 3. The third-order valence-corrected chi connectivity index (χ3v) is 3.18. The molecule has 0 fully saturated rings. The Bertz CT molecular complexity index is 811. The van der Waals surface area contributed by atoms with E-state index in [0.29, 0.717) is 11.5 Å². The molecule has 21 heavy (non-hydrogen) atoms. The van der Waals surface area contributed by atoms with E-state index in [9.17, 15) is 4.79 Å².